The lowest BCUT2D eigenvalue weighted by Gasteiger charge is -2.33. The van der Waals surface area contributed by atoms with E-state index in [9.17, 15) is 4.79 Å². The lowest BCUT2D eigenvalue weighted by molar-refractivity contribution is 0.0698. The largest absolute Gasteiger partial charge is 0.478 e. The Morgan fingerprint density at radius 1 is 1.44 bits per heavy atom. The van der Waals surface area contributed by atoms with Crippen LogP contribution < -0.4 is 10.6 Å². The minimum absolute atomic E-state index is 0.159. The Labute approximate surface area is 106 Å². The molecule has 3 N–H and O–H groups in total. The molecule has 0 atom stereocenters. The highest BCUT2D eigenvalue weighted by Gasteiger charge is 2.21. The van der Waals surface area contributed by atoms with Crippen LogP contribution in [0.25, 0.3) is 0 Å². The van der Waals surface area contributed by atoms with Gasteiger partial charge < -0.3 is 20.5 Å². The molecule has 0 unspecified atom stereocenters. The molecule has 0 amide bonds. The molecule has 1 saturated heterocycles. The number of hydrogen-bond donors (Lipinski definition) is 2. The molecule has 0 bridgehead atoms. The molecule has 1 aliphatic rings. The third kappa shape index (κ3) is 2.41. The van der Waals surface area contributed by atoms with Gasteiger partial charge in [0.25, 0.3) is 0 Å². The molecule has 0 aromatic heterocycles. The van der Waals surface area contributed by atoms with Crippen molar-refractivity contribution in [2.45, 2.75) is 18.9 Å². The van der Waals surface area contributed by atoms with E-state index in [2.05, 4.69) is 4.90 Å². The highest BCUT2D eigenvalue weighted by Crippen LogP contribution is 2.29. The van der Waals surface area contributed by atoms with Crippen molar-refractivity contribution in [2.24, 2.45) is 0 Å². The number of aromatic carboxylic acids is 1. The lowest BCUT2D eigenvalue weighted by atomic mass is 10.0. The van der Waals surface area contributed by atoms with Gasteiger partial charge in [0, 0.05) is 26.3 Å². The van der Waals surface area contributed by atoms with Crippen LogP contribution in [-0.4, -0.2) is 37.4 Å². The van der Waals surface area contributed by atoms with Gasteiger partial charge in [-0.1, -0.05) is 6.07 Å². The number of nitrogens with two attached hydrogens (primary N) is 1. The average Bonchev–Trinajstić information content (AvgIpc) is 2.39. The van der Waals surface area contributed by atoms with E-state index in [1.807, 2.05) is 13.1 Å². The smallest absolute Gasteiger partial charge is 0.337 e. The Bertz CT molecular complexity index is 442. The molecule has 1 aromatic rings. The standard InChI is InChI=1S/C13H18N2O3/c1-15(9-5-7-18-8-6-9)11-4-2-3-10(12(11)14)13(16)17/h2-4,9H,5-8,14H2,1H3,(H,16,17). The van der Waals surface area contributed by atoms with Crippen LogP contribution in [0.4, 0.5) is 11.4 Å². The Morgan fingerprint density at radius 3 is 2.72 bits per heavy atom. The van der Waals surface area contributed by atoms with E-state index in [1.54, 1.807) is 6.07 Å². The number of rotatable bonds is 3. The first-order chi connectivity index (χ1) is 8.61. The molecule has 1 aromatic carbocycles. The zero-order valence-electron chi connectivity index (χ0n) is 10.4. The molecule has 1 heterocycles. The van der Waals surface area contributed by atoms with Crippen LogP contribution in [-0.2, 0) is 4.74 Å². The summed E-state index contributed by atoms with van der Waals surface area (Å²) in [6, 6.07) is 5.46. The maximum Gasteiger partial charge on any atom is 0.337 e. The van der Waals surface area contributed by atoms with Gasteiger partial charge in [0.15, 0.2) is 0 Å². The summed E-state index contributed by atoms with van der Waals surface area (Å²) in [5, 5.41) is 9.06. The summed E-state index contributed by atoms with van der Waals surface area (Å²) in [6.45, 7) is 1.49. The lowest BCUT2D eigenvalue weighted by Crippen LogP contribution is -2.37. The number of anilines is 2. The second-order valence-electron chi connectivity index (χ2n) is 4.50. The molecule has 5 heteroatoms. The number of nitrogen functional groups attached to an aromatic ring is 1. The van der Waals surface area contributed by atoms with Crippen LogP contribution in [0.3, 0.4) is 0 Å². The third-order valence-electron chi connectivity index (χ3n) is 3.43. The van der Waals surface area contributed by atoms with E-state index in [4.69, 9.17) is 15.6 Å². The van der Waals surface area contributed by atoms with E-state index < -0.39 is 5.97 Å². The fraction of sp³-hybridized carbons (Fsp3) is 0.462. The molecule has 0 saturated carbocycles. The SMILES string of the molecule is CN(c1cccc(C(=O)O)c1N)C1CCOCC1. The summed E-state index contributed by atoms with van der Waals surface area (Å²) in [6.07, 6.45) is 1.88. The number of benzene rings is 1. The third-order valence-corrected chi connectivity index (χ3v) is 3.43. The molecule has 18 heavy (non-hydrogen) atoms. The summed E-state index contributed by atoms with van der Waals surface area (Å²) in [5.41, 5.74) is 7.21. The fourth-order valence-electron chi connectivity index (χ4n) is 2.32. The van der Waals surface area contributed by atoms with Gasteiger partial charge in [-0.3, -0.25) is 0 Å². The van der Waals surface area contributed by atoms with Gasteiger partial charge in [0.2, 0.25) is 0 Å². The van der Waals surface area contributed by atoms with Gasteiger partial charge in [-0.15, -0.1) is 0 Å². The van der Waals surface area contributed by atoms with Gasteiger partial charge in [-0.25, -0.2) is 4.79 Å². The van der Waals surface area contributed by atoms with Crippen molar-refractivity contribution in [1.82, 2.24) is 0 Å². The zero-order valence-corrected chi connectivity index (χ0v) is 10.4. The number of carbonyl (C=O) groups is 1. The predicted octanol–water partition coefficient (Wildman–Crippen LogP) is 1.58. The first kappa shape index (κ1) is 12.7. The van der Waals surface area contributed by atoms with Crippen molar-refractivity contribution in [1.29, 1.82) is 0 Å². The second-order valence-corrected chi connectivity index (χ2v) is 4.50. The Balaban J connectivity index is 2.26. The number of hydrogen-bond acceptors (Lipinski definition) is 4. The normalized spacial score (nSPS) is 16.5. The maximum atomic E-state index is 11.1. The summed E-state index contributed by atoms with van der Waals surface area (Å²) in [4.78, 5) is 13.1. The number of ether oxygens (including phenoxy) is 1. The zero-order chi connectivity index (χ0) is 13.1. The van der Waals surface area contributed by atoms with E-state index in [1.165, 1.54) is 6.07 Å². The molecule has 0 radical (unpaired) electrons. The Kier molecular flexibility index (Phi) is 3.72. The molecule has 0 spiro atoms. The minimum atomic E-state index is -0.991. The van der Waals surface area contributed by atoms with Crippen molar-refractivity contribution in [3.05, 3.63) is 23.8 Å². The molecule has 98 valence electrons. The fourth-order valence-corrected chi connectivity index (χ4v) is 2.32. The Morgan fingerprint density at radius 2 is 2.11 bits per heavy atom. The summed E-state index contributed by atoms with van der Waals surface area (Å²) in [5.74, 6) is -0.991. The number of carboxylic acids is 1. The van der Waals surface area contributed by atoms with Gasteiger partial charge in [-0.2, -0.15) is 0 Å². The van der Waals surface area contributed by atoms with Crippen LogP contribution in [0.1, 0.15) is 23.2 Å². The van der Waals surface area contributed by atoms with E-state index >= 15 is 0 Å². The molecular formula is C13H18N2O3. The van der Waals surface area contributed by atoms with E-state index in [0.717, 1.165) is 31.7 Å². The summed E-state index contributed by atoms with van der Waals surface area (Å²) in [7, 11) is 1.95. The van der Waals surface area contributed by atoms with Gasteiger partial charge in [0.1, 0.15) is 0 Å². The Hall–Kier alpha value is -1.75. The van der Waals surface area contributed by atoms with Crippen molar-refractivity contribution < 1.29 is 14.6 Å². The highest BCUT2D eigenvalue weighted by atomic mass is 16.5. The van der Waals surface area contributed by atoms with Crippen molar-refractivity contribution in [3.8, 4) is 0 Å². The molecule has 0 aliphatic carbocycles. The van der Waals surface area contributed by atoms with Crippen molar-refractivity contribution in [3.63, 3.8) is 0 Å². The van der Waals surface area contributed by atoms with Gasteiger partial charge >= 0.3 is 5.97 Å². The van der Waals surface area contributed by atoms with Gasteiger partial charge in [0.05, 0.1) is 16.9 Å². The number of nitrogens with zero attached hydrogens (tertiary/aromatic N) is 1. The quantitative estimate of drug-likeness (QED) is 0.797. The van der Waals surface area contributed by atoms with Crippen LogP contribution >= 0.6 is 0 Å². The second kappa shape index (κ2) is 5.27. The number of para-hydroxylation sites is 1. The van der Waals surface area contributed by atoms with Crippen LogP contribution in [0.15, 0.2) is 18.2 Å². The molecule has 5 nitrogen and oxygen atoms in total. The molecule has 1 fully saturated rings. The van der Waals surface area contributed by atoms with E-state index in [-0.39, 0.29) is 5.56 Å². The minimum Gasteiger partial charge on any atom is -0.478 e. The van der Waals surface area contributed by atoms with Crippen molar-refractivity contribution in [2.75, 3.05) is 30.9 Å². The number of carboxylic acid groups (broad SMARTS) is 1. The van der Waals surface area contributed by atoms with Gasteiger partial charge in [-0.05, 0) is 25.0 Å². The van der Waals surface area contributed by atoms with Crippen molar-refractivity contribution >= 4 is 17.3 Å². The van der Waals surface area contributed by atoms with E-state index in [0.29, 0.717) is 11.7 Å². The van der Waals surface area contributed by atoms with Crippen LogP contribution in [0, 0.1) is 0 Å². The summed E-state index contributed by atoms with van der Waals surface area (Å²) < 4.78 is 5.33. The summed E-state index contributed by atoms with van der Waals surface area (Å²) >= 11 is 0. The average molecular weight is 250 g/mol. The first-order valence-corrected chi connectivity index (χ1v) is 6.03. The monoisotopic (exact) mass is 250 g/mol. The highest BCUT2D eigenvalue weighted by molar-refractivity contribution is 5.97. The molecule has 2 rings (SSSR count). The first-order valence-electron chi connectivity index (χ1n) is 6.03. The van der Waals surface area contributed by atoms with Crippen LogP contribution in [0.2, 0.25) is 0 Å². The predicted molar refractivity (Wildman–Crippen MR) is 70.1 cm³/mol. The maximum absolute atomic E-state index is 11.1. The van der Waals surface area contributed by atoms with Crippen LogP contribution in [0.5, 0.6) is 0 Å². The molecule has 1 aliphatic heterocycles. The molecular weight excluding hydrogens is 232 g/mol. The topological polar surface area (TPSA) is 75.8 Å².